The van der Waals surface area contributed by atoms with Crippen LogP contribution in [-0.2, 0) is 4.74 Å². The molecule has 140 valence electrons. The van der Waals surface area contributed by atoms with Gasteiger partial charge in [-0.3, -0.25) is 0 Å². The molecule has 0 atom stereocenters. The molecule has 1 aliphatic carbocycles. The molecule has 5 heteroatoms. The SMILES string of the molecule is CC(C)(C)OC(=O)N1CCC(O)(C2(CO)CCCCCCC2)CC1. The van der Waals surface area contributed by atoms with Crippen molar-refractivity contribution in [3.05, 3.63) is 0 Å². The highest BCUT2D eigenvalue weighted by Gasteiger charge is 2.51. The van der Waals surface area contributed by atoms with Crippen molar-refractivity contribution in [1.29, 1.82) is 0 Å². The Hall–Kier alpha value is -0.810. The zero-order valence-corrected chi connectivity index (χ0v) is 15.6. The van der Waals surface area contributed by atoms with E-state index in [0.717, 1.165) is 25.7 Å². The van der Waals surface area contributed by atoms with E-state index in [1.165, 1.54) is 19.3 Å². The lowest BCUT2D eigenvalue weighted by atomic mass is 9.62. The topological polar surface area (TPSA) is 70.0 Å². The molecule has 0 aromatic rings. The van der Waals surface area contributed by atoms with Crippen LogP contribution in [0.25, 0.3) is 0 Å². The zero-order valence-electron chi connectivity index (χ0n) is 15.6. The number of likely N-dealkylation sites (tertiary alicyclic amines) is 1. The van der Waals surface area contributed by atoms with Crippen molar-refractivity contribution in [2.75, 3.05) is 19.7 Å². The molecule has 1 amide bonds. The predicted octanol–water partition coefficient (Wildman–Crippen LogP) is 3.47. The molecule has 0 aromatic heterocycles. The molecule has 24 heavy (non-hydrogen) atoms. The number of rotatable bonds is 2. The highest BCUT2D eigenvalue weighted by atomic mass is 16.6. The van der Waals surface area contributed by atoms with E-state index < -0.39 is 16.6 Å². The summed E-state index contributed by atoms with van der Waals surface area (Å²) in [6.07, 6.45) is 8.26. The number of carbonyl (C=O) groups excluding carboxylic acids is 1. The second-order valence-corrected chi connectivity index (χ2v) is 8.71. The second-order valence-electron chi connectivity index (χ2n) is 8.71. The minimum absolute atomic E-state index is 0.0376. The number of aliphatic hydroxyl groups excluding tert-OH is 1. The first-order valence-electron chi connectivity index (χ1n) is 9.53. The van der Waals surface area contributed by atoms with Gasteiger partial charge >= 0.3 is 6.09 Å². The molecule has 0 unspecified atom stereocenters. The third-order valence-corrected chi connectivity index (χ3v) is 5.84. The number of aliphatic hydroxyl groups is 2. The fourth-order valence-electron chi connectivity index (χ4n) is 4.27. The molecular weight excluding hydrogens is 306 g/mol. The molecule has 2 aliphatic rings. The Bertz CT molecular complexity index is 414. The molecule has 5 nitrogen and oxygen atoms in total. The first-order valence-corrected chi connectivity index (χ1v) is 9.53. The summed E-state index contributed by atoms with van der Waals surface area (Å²) >= 11 is 0. The summed E-state index contributed by atoms with van der Waals surface area (Å²) in [6, 6.07) is 0. The Labute approximate surface area is 146 Å². The van der Waals surface area contributed by atoms with Crippen LogP contribution < -0.4 is 0 Å². The summed E-state index contributed by atoms with van der Waals surface area (Å²) in [5.74, 6) is 0. The maximum Gasteiger partial charge on any atom is 0.410 e. The van der Waals surface area contributed by atoms with E-state index in [1.54, 1.807) is 4.90 Å². The Morgan fingerprint density at radius 1 is 1.00 bits per heavy atom. The second kappa shape index (κ2) is 7.61. The van der Waals surface area contributed by atoms with Gasteiger partial charge < -0.3 is 19.8 Å². The molecule has 0 radical (unpaired) electrons. The van der Waals surface area contributed by atoms with Crippen LogP contribution in [0.2, 0.25) is 0 Å². The van der Waals surface area contributed by atoms with Gasteiger partial charge in [-0.25, -0.2) is 4.79 Å². The van der Waals surface area contributed by atoms with Crippen molar-refractivity contribution in [2.24, 2.45) is 5.41 Å². The zero-order chi connectivity index (χ0) is 17.8. The number of piperidine rings is 1. The quantitative estimate of drug-likeness (QED) is 0.807. The maximum atomic E-state index is 12.2. The lowest BCUT2D eigenvalue weighted by Gasteiger charge is -2.51. The lowest BCUT2D eigenvalue weighted by molar-refractivity contribution is -0.149. The number of nitrogens with zero attached hydrogens (tertiary/aromatic N) is 1. The minimum Gasteiger partial charge on any atom is -0.444 e. The highest BCUT2D eigenvalue weighted by Crippen LogP contribution is 2.47. The van der Waals surface area contributed by atoms with Gasteiger partial charge in [-0.2, -0.15) is 0 Å². The van der Waals surface area contributed by atoms with Crippen molar-refractivity contribution < 1.29 is 19.7 Å². The molecule has 1 saturated carbocycles. The Morgan fingerprint density at radius 2 is 1.50 bits per heavy atom. The van der Waals surface area contributed by atoms with E-state index in [2.05, 4.69) is 0 Å². The van der Waals surface area contributed by atoms with E-state index in [4.69, 9.17) is 4.74 Å². The van der Waals surface area contributed by atoms with E-state index in [1.807, 2.05) is 20.8 Å². The van der Waals surface area contributed by atoms with Crippen LogP contribution in [0.3, 0.4) is 0 Å². The molecule has 0 bridgehead atoms. The Kier molecular flexibility index (Phi) is 6.19. The van der Waals surface area contributed by atoms with Gasteiger partial charge in [-0.15, -0.1) is 0 Å². The van der Waals surface area contributed by atoms with Gasteiger partial charge in [0.05, 0.1) is 12.2 Å². The van der Waals surface area contributed by atoms with Gasteiger partial charge in [0.15, 0.2) is 0 Å². The van der Waals surface area contributed by atoms with E-state index >= 15 is 0 Å². The van der Waals surface area contributed by atoms with Crippen molar-refractivity contribution in [3.63, 3.8) is 0 Å². The molecule has 0 aromatic carbocycles. The predicted molar refractivity (Wildman–Crippen MR) is 93.8 cm³/mol. The molecule has 1 aliphatic heterocycles. The Balaban J connectivity index is 2.02. The maximum absolute atomic E-state index is 12.2. The first kappa shape index (κ1) is 19.5. The van der Waals surface area contributed by atoms with Gasteiger partial charge in [0.2, 0.25) is 0 Å². The van der Waals surface area contributed by atoms with E-state index in [0.29, 0.717) is 25.9 Å². The fourth-order valence-corrected chi connectivity index (χ4v) is 4.27. The number of hydrogen-bond donors (Lipinski definition) is 2. The summed E-state index contributed by atoms with van der Waals surface area (Å²) in [5.41, 5.74) is -1.79. The van der Waals surface area contributed by atoms with Crippen LogP contribution >= 0.6 is 0 Å². The van der Waals surface area contributed by atoms with Gasteiger partial charge in [-0.1, -0.05) is 32.1 Å². The summed E-state index contributed by atoms with van der Waals surface area (Å²) in [7, 11) is 0. The summed E-state index contributed by atoms with van der Waals surface area (Å²) < 4.78 is 5.43. The molecular formula is C19H35NO4. The molecule has 1 saturated heterocycles. The molecule has 1 heterocycles. The first-order chi connectivity index (χ1) is 11.2. The van der Waals surface area contributed by atoms with Crippen LogP contribution in [0, 0.1) is 5.41 Å². The Morgan fingerprint density at radius 3 is 1.96 bits per heavy atom. The third kappa shape index (κ3) is 4.42. The van der Waals surface area contributed by atoms with Gasteiger partial charge in [0.1, 0.15) is 5.60 Å². The number of amides is 1. The third-order valence-electron chi connectivity index (χ3n) is 5.84. The average Bonchev–Trinajstić information content (AvgIpc) is 2.46. The molecule has 0 spiro atoms. The largest absolute Gasteiger partial charge is 0.444 e. The van der Waals surface area contributed by atoms with Crippen LogP contribution in [0.4, 0.5) is 4.79 Å². The number of ether oxygens (including phenoxy) is 1. The smallest absolute Gasteiger partial charge is 0.410 e. The molecule has 2 fully saturated rings. The standard InChI is InChI=1S/C19H35NO4/c1-17(2,3)24-16(22)20-13-11-19(23,12-14-20)18(15-21)9-7-5-4-6-8-10-18/h21,23H,4-15H2,1-3H3. The van der Waals surface area contributed by atoms with Crippen LogP contribution in [0.1, 0.15) is 78.6 Å². The molecule has 2 rings (SSSR count). The van der Waals surface area contributed by atoms with E-state index in [-0.39, 0.29) is 12.7 Å². The van der Waals surface area contributed by atoms with Crippen molar-refractivity contribution >= 4 is 6.09 Å². The van der Waals surface area contributed by atoms with Crippen LogP contribution in [0.15, 0.2) is 0 Å². The normalized spacial score (nSPS) is 24.8. The van der Waals surface area contributed by atoms with Crippen molar-refractivity contribution in [3.8, 4) is 0 Å². The van der Waals surface area contributed by atoms with Gasteiger partial charge in [0.25, 0.3) is 0 Å². The summed E-state index contributed by atoms with van der Waals surface area (Å²) in [5, 5.41) is 21.5. The highest BCUT2D eigenvalue weighted by molar-refractivity contribution is 5.68. The number of hydrogen-bond acceptors (Lipinski definition) is 4. The summed E-state index contributed by atoms with van der Waals surface area (Å²) in [6.45, 7) is 6.61. The average molecular weight is 341 g/mol. The van der Waals surface area contributed by atoms with E-state index in [9.17, 15) is 15.0 Å². The lowest BCUT2D eigenvalue weighted by Crippen LogP contribution is -2.58. The van der Waals surface area contributed by atoms with Crippen molar-refractivity contribution in [2.45, 2.75) is 89.8 Å². The van der Waals surface area contributed by atoms with Crippen LogP contribution in [-0.4, -0.2) is 52.1 Å². The fraction of sp³-hybridized carbons (Fsp3) is 0.947. The number of carbonyl (C=O) groups is 1. The van der Waals surface area contributed by atoms with Crippen molar-refractivity contribution in [1.82, 2.24) is 4.90 Å². The minimum atomic E-state index is -0.877. The monoisotopic (exact) mass is 341 g/mol. The summed E-state index contributed by atoms with van der Waals surface area (Å²) in [4.78, 5) is 13.9. The van der Waals surface area contributed by atoms with Crippen LogP contribution in [0.5, 0.6) is 0 Å². The van der Waals surface area contributed by atoms with Gasteiger partial charge in [-0.05, 0) is 46.5 Å². The molecule has 2 N–H and O–H groups in total. The van der Waals surface area contributed by atoms with Gasteiger partial charge in [0, 0.05) is 18.5 Å².